The van der Waals surface area contributed by atoms with E-state index in [-0.39, 0.29) is 11.3 Å². The number of hydrogen-bond acceptors (Lipinski definition) is 3. The van der Waals surface area contributed by atoms with Gasteiger partial charge >= 0.3 is 0 Å². The fourth-order valence-electron chi connectivity index (χ4n) is 5.04. The van der Waals surface area contributed by atoms with Crippen LogP contribution in [0.2, 0.25) is 0 Å². The van der Waals surface area contributed by atoms with Crippen LogP contribution in [0.4, 0.5) is 0 Å². The maximum Gasteiger partial charge on any atom is 0.118 e. The van der Waals surface area contributed by atoms with Crippen LogP contribution in [0.15, 0.2) is 72.3 Å². The van der Waals surface area contributed by atoms with Crippen LogP contribution in [-0.4, -0.2) is 14.2 Å². The van der Waals surface area contributed by atoms with Crippen LogP contribution in [-0.2, 0) is 12.8 Å². The van der Waals surface area contributed by atoms with Crippen LogP contribution in [0.3, 0.4) is 0 Å². The zero-order chi connectivity index (χ0) is 20.3. The van der Waals surface area contributed by atoms with Crippen molar-refractivity contribution in [1.29, 1.82) is 5.26 Å². The van der Waals surface area contributed by atoms with E-state index in [1.54, 1.807) is 14.2 Å². The molecule has 0 N–H and O–H groups in total. The van der Waals surface area contributed by atoms with Crippen molar-refractivity contribution in [2.45, 2.75) is 25.7 Å². The highest BCUT2D eigenvalue weighted by molar-refractivity contribution is 5.39. The molecule has 1 saturated carbocycles. The third kappa shape index (κ3) is 3.80. The number of fused-ring (bicyclic) bond motifs is 1. The molecule has 2 aliphatic carbocycles. The van der Waals surface area contributed by atoms with Crippen LogP contribution in [0.1, 0.15) is 24.0 Å². The fraction of sp³-hybridized carbons (Fsp3) is 0.346. The lowest BCUT2D eigenvalue weighted by Crippen LogP contribution is -2.35. The fourth-order valence-corrected chi connectivity index (χ4v) is 5.04. The quantitative estimate of drug-likeness (QED) is 0.657. The summed E-state index contributed by atoms with van der Waals surface area (Å²) in [5, 5.41) is 9.63. The lowest BCUT2D eigenvalue weighted by atomic mass is 9.63. The molecule has 0 bridgehead atoms. The van der Waals surface area contributed by atoms with Gasteiger partial charge in [0.2, 0.25) is 0 Å². The molecule has 2 unspecified atom stereocenters. The second kappa shape index (κ2) is 8.17. The molecule has 0 saturated heterocycles. The van der Waals surface area contributed by atoms with Crippen LogP contribution in [0, 0.1) is 28.6 Å². The predicted octanol–water partition coefficient (Wildman–Crippen LogP) is 5.52. The first-order chi connectivity index (χ1) is 14.2. The maximum absolute atomic E-state index is 9.63. The van der Waals surface area contributed by atoms with Crippen molar-refractivity contribution in [2.75, 3.05) is 14.2 Å². The Hall–Kier alpha value is -2.99. The van der Waals surface area contributed by atoms with Crippen LogP contribution in [0.5, 0.6) is 11.5 Å². The van der Waals surface area contributed by atoms with Gasteiger partial charge in [-0.2, -0.15) is 5.26 Å². The van der Waals surface area contributed by atoms with Gasteiger partial charge in [-0.1, -0.05) is 42.5 Å². The average molecular weight is 386 g/mol. The number of nitrogens with zero attached hydrogens (tertiary/aromatic N) is 1. The molecule has 2 aromatic carbocycles. The summed E-state index contributed by atoms with van der Waals surface area (Å²) in [6.45, 7) is 0. The minimum atomic E-state index is -0.0289. The van der Waals surface area contributed by atoms with E-state index in [2.05, 4.69) is 48.6 Å². The molecule has 0 aromatic heterocycles. The Morgan fingerprint density at radius 3 is 1.93 bits per heavy atom. The molecule has 0 spiro atoms. The molecule has 148 valence electrons. The van der Waals surface area contributed by atoms with Crippen molar-refractivity contribution in [2.24, 2.45) is 17.3 Å². The summed E-state index contributed by atoms with van der Waals surface area (Å²) >= 11 is 0. The van der Waals surface area contributed by atoms with E-state index in [1.807, 2.05) is 24.3 Å². The Balaban J connectivity index is 1.69. The molecule has 3 heteroatoms. The molecule has 2 aromatic rings. The van der Waals surface area contributed by atoms with E-state index in [0.717, 1.165) is 37.2 Å². The monoisotopic (exact) mass is 385 g/mol. The van der Waals surface area contributed by atoms with Crippen LogP contribution in [0.25, 0.3) is 0 Å². The van der Waals surface area contributed by atoms with Gasteiger partial charge < -0.3 is 9.47 Å². The summed E-state index contributed by atoms with van der Waals surface area (Å²) in [4.78, 5) is 0. The third-order valence-corrected chi connectivity index (χ3v) is 6.50. The number of ether oxygens (including phenoxy) is 2. The smallest absolute Gasteiger partial charge is 0.118 e. The van der Waals surface area contributed by atoms with E-state index < -0.39 is 0 Å². The molecule has 0 heterocycles. The van der Waals surface area contributed by atoms with Gasteiger partial charge in [-0.3, -0.25) is 0 Å². The van der Waals surface area contributed by atoms with Gasteiger partial charge in [0.05, 0.1) is 26.2 Å². The first-order valence-corrected chi connectivity index (χ1v) is 10.2. The van der Waals surface area contributed by atoms with Crippen molar-refractivity contribution in [3.05, 3.63) is 83.5 Å². The number of hydrogen-bond donors (Lipinski definition) is 0. The molecule has 3 nitrogen and oxygen atoms in total. The Morgan fingerprint density at radius 1 is 0.897 bits per heavy atom. The summed E-state index contributed by atoms with van der Waals surface area (Å²) < 4.78 is 10.7. The second-order valence-electron chi connectivity index (χ2n) is 8.12. The highest BCUT2D eigenvalue weighted by atomic mass is 16.5. The van der Waals surface area contributed by atoms with Gasteiger partial charge in [-0.05, 0) is 72.6 Å². The highest BCUT2D eigenvalue weighted by Gasteiger charge is 2.45. The van der Waals surface area contributed by atoms with Crippen molar-refractivity contribution < 1.29 is 9.47 Å². The largest absolute Gasteiger partial charge is 0.497 e. The van der Waals surface area contributed by atoms with Crippen molar-refractivity contribution >= 4 is 0 Å². The van der Waals surface area contributed by atoms with Crippen molar-refractivity contribution in [3.8, 4) is 17.6 Å². The molecule has 2 atom stereocenters. The highest BCUT2D eigenvalue weighted by Crippen LogP contribution is 2.52. The van der Waals surface area contributed by atoms with Gasteiger partial charge in [-0.15, -0.1) is 0 Å². The second-order valence-corrected chi connectivity index (χ2v) is 8.12. The number of rotatable bonds is 6. The molecule has 0 radical (unpaired) electrons. The molecular weight excluding hydrogens is 358 g/mol. The van der Waals surface area contributed by atoms with Gasteiger partial charge in [0, 0.05) is 5.41 Å². The van der Waals surface area contributed by atoms with Gasteiger partial charge in [0.15, 0.2) is 0 Å². The minimum Gasteiger partial charge on any atom is -0.497 e. The molecule has 29 heavy (non-hydrogen) atoms. The van der Waals surface area contributed by atoms with Crippen molar-refractivity contribution in [1.82, 2.24) is 0 Å². The molecule has 0 aliphatic heterocycles. The lowest BCUT2D eigenvalue weighted by Gasteiger charge is -2.40. The Morgan fingerprint density at radius 2 is 1.45 bits per heavy atom. The summed E-state index contributed by atoms with van der Waals surface area (Å²) in [5.41, 5.74) is 3.88. The Kier molecular flexibility index (Phi) is 5.45. The van der Waals surface area contributed by atoms with E-state index in [0.29, 0.717) is 5.92 Å². The zero-order valence-corrected chi connectivity index (χ0v) is 17.1. The first kappa shape index (κ1) is 19.3. The van der Waals surface area contributed by atoms with E-state index in [9.17, 15) is 5.26 Å². The van der Waals surface area contributed by atoms with Gasteiger partial charge in [0.1, 0.15) is 11.5 Å². The average Bonchev–Trinajstić information content (AvgIpc) is 3.20. The normalized spacial score (nSPS) is 21.8. The van der Waals surface area contributed by atoms with Crippen molar-refractivity contribution in [3.63, 3.8) is 0 Å². The third-order valence-electron chi connectivity index (χ3n) is 6.50. The minimum absolute atomic E-state index is 0.0289. The van der Waals surface area contributed by atoms with E-state index in [4.69, 9.17) is 9.47 Å². The lowest BCUT2D eigenvalue weighted by molar-refractivity contribution is 0.258. The van der Waals surface area contributed by atoms with E-state index >= 15 is 0 Å². The molecule has 1 fully saturated rings. The summed E-state index contributed by atoms with van der Waals surface area (Å²) in [5.74, 6) is 2.21. The maximum atomic E-state index is 9.63. The van der Waals surface area contributed by atoms with Crippen LogP contribution < -0.4 is 9.47 Å². The van der Waals surface area contributed by atoms with Gasteiger partial charge in [-0.25, -0.2) is 0 Å². The number of benzene rings is 2. The SMILES string of the molecule is COc1ccc(CC2(Cc3ccc(OC)cc3)C=CC=C3C(C#N)CCC32)cc1. The predicted molar refractivity (Wildman–Crippen MR) is 115 cm³/mol. The molecule has 4 rings (SSSR count). The number of nitriles is 1. The summed E-state index contributed by atoms with van der Waals surface area (Å²) in [7, 11) is 3.39. The Labute approximate surface area is 173 Å². The van der Waals surface area contributed by atoms with Crippen LogP contribution >= 0.6 is 0 Å². The van der Waals surface area contributed by atoms with Gasteiger partial charge in [0.25, 0.3) is 0 Å². The summed E-state index contributed by atoms with van der Waals surface area (Å²) in [6.07, 6.45) is 10.7. The molecule has 0 amide bonds. The summed E-state index contributed by atoms with van der Waals surface area (Å²) in [6, 6.07) is 19.3. The number of methoxy groups -OCH3 is 2. The standard InChI is InChI=1S/C26H27NO2/c1-28-22-10-5-19(6-11-22)16-26(17-20-7-12-23(29-2)13-8-20)15-3-4-24-21(18-27)9-14-25(24)26/h3-8,10-13,15,21,25H,9,14,16-17H2,1-2H3. The zero-order valence-electron chi connectivity index (χ0n) is 17.1. The Bertz CT molecular complexity index is 898. The van der Waals surface area contributed by atoms with E-state index in [1.165, 1.54) is 16.7 Å². The first-order valence-electron chi connectivity index (χ1n) is 10.2. The number of allylic oxidation sites excluding steroid dienone is 4. The molecule has 2 aliphatic rings. The topological polar surface area (TPSA) is 42.2 Å². The molecular formula is C26H27NO2.